The number of imide groups is 1. The molecule has 3 aliphatic rings. The summed E-state index contributed by atoms with van der Waals surface area (Å²) in [5.74, 6) is -0.510. The van der Waals surface area contributed by atoms with Crippen molar-refractivity contribution in [2.24, 2.45) is 5.92 Å². The molecule has 132 valence electrons. The van der Waals surface area contributed by atoms with Gasteiger partial charge in [0.25, 0.3) is 5.91 Å². The van der Waals surface area contributed by atoms with E-state index in [4.69, 9.17) is 0 Å². The molecule has 0 aromatic heterocycles. The number of amides is 3. The molecule has 7 nitrogen and oxygen atoms in total. The van der Waals surface area contributed by atoms with E-state index in [0.717, 1.165) is 30.8 Å². The number of carbonyl (C=O) groups is 3. The third-order valence-electron chi connectivity index (χ3n) is 5.42. The number of aliphatic hydroxyl groups is 1. The molecular weight excluding hydrogens is 322 g/mol. The summed E-state index contributed by atoms with van der Waals surface area (Å²) in [6.45, 7) is 2.31. The molecule has 0 saturated carbocycles. The Morgan fingerprint density at radius 3 is 2.76 bits per heavy atom. The van der Waals surface area contributed by atoms with Gasteiger partial charge in [0.15, 0.2) is 0 Å². The van der Waals surface area contributed by atoms with E-state index in [1.165, 1.54) is 0 Å². The average Bonchev–Trinajstić information content (AvgIpc) is 3.20. The van der Waals surface area contributed by atoms with Gasteiger partial charge in [0.05, 0.1) is 0 Å². The van der Waals surface area contributed by atoms with Gasteiger partial charge in [0.2, 0.25) is 11.8 Å². The highest BCUT2D eigenvalue weighted by Gasteiger charge is 2.39. The molecule has 0 radical (unpaired) electrons. The lowest BCUT2D eigenvalue weighted by Gasteiger charge is -2.29. The Morgan fingerprint density at radius 1 is 1.20 bits per heavy atom. The maximum Gasteiger partial charge on any atom is 0.255 e. The number of anilines is 1. The predicted octanol–water partition coefficient (Wildman–Crippen LogP) is 0.266. The van der Waals surface area contributed by atoms with E-state index in [9.17, 15) is 19.5 Å². The highest BCUT2D eigenvalue weighted by molar-refractivity contribution is 6.05. The molecule has 2 saturated heterocycles. The van der Waals surface area contributed by atoms with Gasteiger partial charge in [-0.05, 0) is 36.6 Å². The number of carbonyl (C=O) groups excluding carboxylic acids is 3. The van der Waals surface area contributed by atoms with Gasteiger partial charge >= 0.3 is 0 Å². The number of aliphatic hydroxyl groups excluding tert-OH is 1. The number of nitrogens with one attached hydrogen (secondary N) is 1. The predicted molar refractivity (Wildman–Crippen MR) is 89.9 cm³/mol. The molecule has 0 bridgehead atoms. The fourth-order valence-electron chi connectivity index (χ4n) is 3.97. The third-order valence-corrected chi connectivity index (χ3v) is 5.42. The molecule has 0 aliphatic carbocycles. The summed E-state index contributed by atoms with van der Waals surface area (Å²) in [6, 6.07) is 5.20. The molecule has 1 aromatic carbocycles. The topological polar surface area (TPSA) is 90.0 Å². The van der Waals surface area contributed by atoms with Crippen molar-refractivity contribution in [2.45, 2.75) is 31.8 Å². The molecule has 2 N–H and O–H groups in total. The van der Waals surface area contributed by atoms with E-state index in [0.29, 0.717) is 24.4 Å². The quantitative estimate of drug-likeness (QED) is 0.769. The lowest BCUT2D eigenvalue weighted by molar-refractivity contribution is -0.136. The van der Waals surface area contributed by atoms with Crippen LogP contribution in [0.25, 0.3) is 0 Å². The highest BCUT2D eigenvalue weighted by atomic mass is 16.3. The number of hydrogen-bond donors (Lipinski definition) is 2. The van der Waals surface area contributed by atoms with E-state index in [2.05, 4.69) is 10.2 Å². The largest absolute Gasteiger partial charge is 0.396 e. The van der Waals surface area contributed by atoms with Crippen molar-refractivity contribution in [1.82, 2.24) is 10.2 Å². The van der Waals surface area contributed by atoms with Gasteiger partial charge in [0.1, 0.15) is 6.04 Å². The molecule has 7 heteroatoms. The standard InChI is InChI=1S/C18H21N3O4/c22-10-11-5-6-20(8-11)13-1-2-14-12(7-13)9-21(18(14)25)15-3-4-16(23)19-17(15)24/h1-2,7,11,15,22H,3-6,8-10H2,(H,19,23,24). The zero-order chi connectivity index (χ0) is 17.6. The van der Waals surface area contributed by atoms with Crippen LogP contribution in [0.3, 0.4) is 0 Å². The van der Waals surface area contributed by atoms with Gasteiger partial charge in [0, 0.05) is 49.8 Å². The second-order valence-corrected chi connectivity index (χ2v) is 7.02. The fourth-order valence-corrected chi connectivity index (χ4v) is 3.97. The van der Waals surface area contributed by atoms with Gasteiger partial charge in [-0.1, -0.05) is 0 Å². The van der Waals surface area contributed by atoms with Crippen molar-refractivity contribution >= 4 is 23.4 Å². The van der Waals surface area contributed by atoms with Crippen LogP contribution in [-0.2, 0) is 16.1 Å². The maximum atomic E-state index is 12.7. The van der Waals surface area contributed by atoms with Gasteiger partial charge in [-0.25, -0.2) is 0 Å². The minimum Gasteiger partial charge on any atom is -0.396 e. The summed E-state index contributed by atoms with van der Waals surface area (Å²) >= 11 is 0. The Hall–Kier alpha value is -2.41. The van der Waals surface area contributed by atoms with Crippen LogP contribution in [-0.4, -0.2) is 53.5 Å². The Labute approximate surface area is 145 Å². The Balaban J connectivity index is 1.53. The van der Waals surface area contributed by atoms with Crippen LogP contribution in [0.4, 0.5) is 5.69 Å². The van der Waals surface area contributed by atoms with E-state index >= 15 is 0 Å². The van der Waals surface area contributed by atoms with Crippen molar-refractivity contribution in [3.63, 3.8) is 0 Å². The number of hydrogen-bond acceptors (Lipinski definition) is 5. The van der Waals surface area contributed by atoms with Crippen LogP contribution in [0.5, 0.6) is 0 Å². The molecule has 3 heterocycles. The van der Waals surface area contributed by atoms with Gasteiger partial charge < -0.3 is 14.9 Å². The minimum atomic E-state index is -0.577. The monoisotopic (exact) mass is 343 g/mol. The maximum absolute atomic E-state index is 12.7. The normalized spacial score (nSPS) is 26.2. The second-order valence-electron chi connectivity index (χ2n) is 7.02. The molecule has 3 aliphatic heterocycles. The van der Waals surface area contributed by atoms with Gasteiger partial charge in [-0.15, -0.1) is 0 Å². The fraction of sp³-hybridized carbons (Fsp3) is 0.500. The van der Waals surface area contributed by atoms with Crippen molar-refractivity contribution < 1.29 is 19.5 Å². The van der Waals surface area contributed by atoms with Crippen LogP contribution in [0.15, 0.2) is 18.2 Å². The van der Waals surface area contributed by atoms with E-state index < -0.39 is 6.04 Å². The molecule has 2 fully saturated rings. The third kappa shape index (κ3) is 2.78. The second kappa shape index (κ2) is 6.15. The lowest BCUT2D eigenvalue weighted by Crippen LogP contribution is -2.52. The summed E-state index contributed by atoms with van der Waals surface area (Å²) in [6.07, 6.45) is 1.61. The van der Waals surface area contributed by atoms with Crippen LogP contribution in [0, 0.1) is 5.92 Å². The van der Waals surface area contributed by atoms with Crippen molar-refractivity contribution in [2.75, 3.05) is 24.6 Å². The van der Waals surface area contributed by atoms with Crippen molar-refractivity contribution in [1.29, 1.82) is 0 Å². The van der Waals surface area contributed by atoms with Crippen molar-refractivity contribution in [3.05, 3.63) is 29.3 Å². The Morgan fingerprint density at radius 2 is 2.04 bits per heavy atom. The first-order chi connectivity index (χ1) is 12.1. The molecule has 25 heavy (non-hydrogen) atoms. The average molecular weight is 343 g/mol. The molecule has 4 rings (SSSR count). The van der Waals surface area contributed by atoms with Gasteiger partial charge in [-0.2, -0.15) is 0 Å². The molecule has 2 unspecified atom stereocenters. The van der Waals surface area contributed by atoms with E-state index in [-0.39, 0.29) is 30.7 Å². The number of nitrogens with zero attached hydrogens (tertiary/aromatic N) is 2. The number of piperidine rings is 1. The molecule has 1 aromatic rings. The summed E-state index contributed by atoms with van der Waals surface area (Å²) in [5.41, 5.74) is 2.60. The van der Waals surface area contributed by atoms with Crippen LogP contribution < -0.4 is 10.2 Å². The zero-order valence-corrected chi connectivity index (χ0v) is 13.9. The number of rotatable bonds is 3. The summed E-state index contributed by atoms with van der Waals surface area (Å²) in [4.78, 5) is 39.9. The Kier molecular flexibility index (Phi) is 3.95. The molecule has 2 atom stereocenters. The van der Waals surface area contributed by atoms with Crippen LogP contribution in [0.1, 0.15) is 35.2 Å². The molecule has 3 amide bonds. The smallest absolute Gasteiger partial charge is 0.255 e. The number of fused-ring (bicyclic) bond motifs is 1. The van der Waals surface area contributed by atoms with Crippen LogP contribution in [0.2, 0.25) is 0 Å². The van der Waals surface area contributed by atoms with E-state index in [1.807, 2.05) is 18.2 Å². The first-order valence-corrected chi connectivity index (χ1v) is 8.70. The summed E-state index contributed by atoms with van der Waals surface area (Å²) in [7, 11) is 0. The minimum absolute atomic E-state index is 0.147. The highest BCUT2D eigenvalue weighted by Crippen LogP contribution is 2.32. The summed E-state index contributed by atoms with van der Waals surface area (Å²) in [5, 5.41) is 11.6. The van der Waals surface area contributed by atoms with Crippen molar-refractivity contribution in [3.8, 4) is 0 Å². The first kappa shape index (κ1) is 16.1. The van der Waals surface area contributed by atoms with E-state index in [1.54, 1.807) is 4.90 Å². The first-order valence-electron chi connectivity index (χ1n) is 8.70. The number of benzene rings is 1. The lowest BCUT2D eigenvalue weighted by atomic mass is 10.0. The van der Waals surface area contributed by atoms with Crippen LogP contribution >= 0.6 is 0 Å². The molecular formula is C18H21N3O4. The SMILES string of the molecule is O=C1CCC(N2Cc3cc(N4CCC(CO)C4)ccc3C2=O)C(=O)N1. The zero-order valence-electron chi connectivity index (χ0n) is 13.9. The summed E-state index contributed by atoms with van der Waals surface area (Å²) < 4.78 is 0. The van der Waals surface area contributed by atoms with Gasteiger partial charge in [-0.3, -0.25) is 19.7 Å². The molecule has 0 spiro atoms. The Bertz CT molecular complexity index is 748.